The lowest BCUT2D eigenvalue weighted by molar-refractivity contribution is 1.42. The highest BCUT2D eigenvalue weighted by Gasteiger charge is 2.52. The molecule has 2 heterocycles. The van der Waals surface area contributed by atoms with E-state index in [0.717, 1.165) is 0 Å². The van der Waals surface area contributed by atoms with Crippen LogP contribution in [-0.4, -0.2) is 8.07 Å². The lowest BCUT2D eigenvalue weighted by Gasteiger charge is -2.37. The van der Waals surface area contributed by atoms with Crippen molar-refractivity contribution < 1.29 is 0 Å². The van der Waals surface area contributed by atoms with Crippen LogP contribution < -0.4 is 20.7 Å². The summed E-state index contributed by atoms with van der Waals surface area (Å²) in [5, 5.41) is 6.17. The second-order valence-corrected chi connectivity index (χ2v) is 11.7. The van der Waals surface area contributed by atoms with Gasteiger partial charge in [-0.15, -0.1) is 0 Å². The van der Waals surface area contributed by atoms with Crippen molar-refractivity contribution in [1.82, 2.24) is 0 Å². The van der Waals surface area contributed by atoms with Gasteiger partial charge in [-0.2, -0.15) is 0 Å². The molecule has 1 spiro atoms. The van der Waals surface area contributed by atoms with Crippen LogP contribution in [0.15, 0.2) is 107 Å². The summed E-state index contributed by atoms with van der Waals surface area (Å²) < 4.78 is 0. The molecular weight excluding hydrogens is 348 g/mol. The van der Waals surface area contributed by atoms with Crippen molar-refractivity contribution in [3.05, 3.63) is 97.1 Å². The molecule has 0 saturated heterocycles. The van der Waals surface area contributed by atoms with Gasteiger partial charge in [-0.25, -0.2) is 0 Å². The van der Waals surface area contributed by atoms with E-state index in [4.69, 9.17) is 0 Å². The van der Waals surface area contributed by atoms with Gasteiger partial charge in [-0.3, -0.25) is 0 Å². The molecule has 0 amide bonds. The molecule has 122 valence electrons. The van der Waals surface area contributed by atoms with Crippen LogP contribution in [0.1, 0.15) is 0 Å². The maximum atomic E-state index is 2.38. The largest absolute Gasteiger partial charge is 0.183 e. The van der Waals surface area contributed by atoms with Crippen molar-refractivity contribution in [1.29, 1.82) is 0 Å². The average molecular weight is 365 g/mol. The summed E-state index contributed by atoms with van der Waals surface area (Å²) in [4.78, 5) is 2.84. The van der Waals surface area contributed by atoms with E-state index in [-0.39, 0.29) is 0 Å². The highest BCUT2D eigenvalue weighted by atomic mass is 32.2. The first-order valence-corrected chi connectivity index (χ1v) is 11.8. The van der Waals surface area contributed by atoms with Crippen LogP contribution in [0.4, 0.5) is 0 Å². The minimum atomic E-state index is -2.22. The molecule has 2 aliphatic rings. The summed E-state index contributed by atoms with van der Waals surface area (Å²) in [5.74, 6) is 0. The predicted octanol–water partition coefficient (Wildman–Crippen LogP) is 3.51. The quantitative estimate of drug-likeness (QED) is 0.372. The fourth-order valence-electron chi connectivity index (χ4n) is 4.81. The van der Waals surface area contributed by atoms with Crippen LogP contribution in [0.5, 0.6) is 0 Å². The van der Waals surface area contributed by atoms with E-state index in [9.17, 15) is 0 Å². The Labute approximate surface area is 158 Å². The standard InChI is InChI=1S/C24H16SSi/c1-5-13-21-17(9-1)18-10-2-6-14-22(18)26(21)23-15-7-3-11-19(23)25-20-12-4-8-16-24(20)26/h1-16H. The Hall–Kier alpha value is -2.55. The van der Waals surface area contributed by atoms with Gasteiger partial charge in [0.2, 0.25) is 0 Å². The predicted molar refractivity (Wildman–Crippen MR) is 113 cm³/mol. The average Bonchev–Trinajstić information content (AvgIpc) is 3.00. The molecule has 0 atom stereocenters. The van der Waals surface area contributed by atoms with E-state index in [2.05, 4.69) is 97.1 Å². The molecule has 0 aliphatic carbocycles. The van der Waals surface area contributed by atoms with Gasteiger partial charge in [0, 0.05) is 9.79 Å². The van der Waals surface area contributed by atoms with E-state index in [0.29, 0.717) is 0 Å². The second kappa shape index (κ2) is 5.23. The summed E-state index contributed by atoms with van der Waals surface area (Å²) in [6.07, 6.45) is 0. The summed E-state index contributed by atoms with van der Waals surface area (Å²) in [6, 6.07) is 36.3. The van der Waals surface area contributed by atoms with Crippen LogP contribution in [0.2, 0.25) is 0 Å². The van der Waals surface area contributed by atoms with Gasteiger partial charge in [-0.05, 0) is 44.0 Å². The Morgan fingerprint density at radius 3 is 1.31 bits per heavy atom. The molecule has 0 radical (unpaired) electrons. The van der Waals surface area contributed by atoms with E-state index in [1.807, 2.05) is 11.8 Å². The number of hydrogen-bond acceptors (Lipinski definition) is 1. The second-order valence-electron chi connectivity index (χ2n) is 6.94. The van der Waals surface area contributed by atoms with Crippen molar-refractivity contribution in [3.63, 3.8) is 0 Å². The van der Waals surface area contributed by atoms with Crippen LogP contribution in [-0.2, 0) is 0 Å². The number of hydrogen-bond donors (Lipinski definition) is 0. The summed E-state index contributed by atoms with van der Waals surface area (Å²) >= 11 is 1.93. The maximum absolute atomic E-state index is 2.38. The van der Waals surface area contributed by atoms with Gasteiger partial charge in [0.15, 0.2) is 8.07 Å². The van der Waals surface area contributed by atoms with E-state index < -0.39 is 8.07 Å². The Morgan fingerprint density at radius 1 is 0.423 bits per heavy atom. The Kier molecular flexibility index (Phi) is 2.93. The van der Waals surface area contributed by atoms with Crippen molar-refractivity contribution in [2.75, 3.05) is 0 Å². The molecule has 4 aromatic carbocycles. The zero-order chi connectivity index (χ0) is 17.1. The minimum absolute atomic E-state index is 1.42. The third-order valence-electron chi connectivity index (χ3n) is 5.75. The molecule has 4 aromatic rings. The Balaban J connectivity index is 1.87. The van der Waals surface area contributed by atoms with Gasteiger partial charge >= 0.3 is 0 Å². The zero-order valence-electron chi connectivity index (χ0n) is 14.1. The van der Waals surface area contributed by atoms with Gasteiger partial charge in [0.1, 0.15) is 0 Å². The van der Waals surface area contributed by atoms with Crippen LogP contribution in [0, 0.1) is 0 Å². The molecule has 0 saturated carbocycles. The highest BCUT2D eigenvalue weighted by molar-refractivity contribution is 8.00. The molecule has 6 rings (SSSR count). The molecule has 0 unspecified atom stereocenters. The number of benzene rings is 4. The smallest absolute Gasteiger partial charge is 0.0903 e. The van der Waals surface area contributed by atoms with Crippen molar-refractivity contribution in [3.8, 4) is 11.1 Å². The molecule has 0 N–H and O–H groups in total. The maximum Gasteiger partial charge on any atom is 0.183 e. The Bertz CT molecular complexity index is 1080. The lowest BCUT2D eigenvalue weighted by atomic mass is 10.1. The monoisotopic (exact) mass is 364 g/mol. The van der Waals surface area contributed by atoms with Crippen molar-refractivity contribution in [2.45, 2.75) is 9.79 Å². The van der Waals surface area contributed by atoms with Gasteiger partial charge in [-0.1, -0.05) is 96.7 Å². The Morgan fingerprint density at radius 2 is 0.808 bits per heavy atom. The zero-order valence-corrected chi connectivity index (χ0v) is 16.0. The molecule has 0 nitrogen and oxygen atoms in total. The molecule has 2 aliphatic heterocycles. The van der Waals surface area contributed by atoms with Crippen LogP contribution in [0.3, 0.4) is 0 Å². The fraction of sp³-hybridized carbons (Fsp3) is 0. The summed E-state index contributed by atoms with van der Waals surface area (Å²) in [6.45, 7) is 0. The normalized spacial score (nSPS) is 15.1. The summed E-state index contributed by atoms with van der Waals surface area (Å²) in [7, 11) is -2.22. The van der Waals surface area contributed by atoms with Gasteiger partial charge in [0.05, 0.1) is 0 Å². The molecular formula is C24H16SSi. The van der Waals surface area contributed by atoms with Gasteiger partial charge < -0.3 is 0 Å². The first-order valence-electron chi connectivity index (χ1n) is 8.97. The molecule has 0 bridgehead atoms. The van der Waals surface area contributed by atoms with E-state index in [1.165, 1.54) is 20.9 Å². The molecule has 0 fully saturated rings. The molecule has 26 heavy (non-hydrogen) atoms. The van der Waals surface area contributed by atoms with Crippen LogP contribution in [0.25, 0.3) is 11.1 Å². The third-order valence-corrected chi connectivity index (χ3v) is 12.2. The fourth-order valence-corrected chi connectivity index (χ4v) is 12.2. The third kappa shape index (κ3) is 1.66. The van der Waals surface area contributed by atoms with E-state index in [1.54, 1.807) is 20.7 Å². The number of rotatable bonds is 0. The SMILES string of the molecule is c1ccc2c(c1)Sc1ccccc1[Si]21c2ccccc2-c2ccccc21. The lowest BCUT2D eigenvalue weighted by Crippen LogP contribution is -2.74. The summed E-state index contributed by atoms with van der Waals surface area (Å²) in [5.41, 5.74) is 2.84. The van der Waals surface area contributed by atoms with Crippen molar-refractivity contribution >= 4 is 40.6 Å². The molecule has 2 heteroatoms. The van der Waals surface area contributed by atoms with Crippen molar-refractivity contribution in [2.24, 2.45) is 0 Å². The topological polar surface area (TPSA) is 0 Å². The first kappa shape index (κ1) is 14.6. The minimum Gasteiger partial charge on any atom is -0.0903 e. The first-order chi connectivity index (χ1) is 12.9. The number of fused-ring (bicyclic) bond motifs is 9. The highest BCUT2D eigenvalue weighted by Crippen LogP contribution is 2.37. The van der Waals surface area contributed by atoms with Crippen LogP contribution >= 0.6 is 11.8 Å². The van der Waals surface area contributed by atoms with E-state index >= 15 is 0 Å². The molecule has 0 aromatic heterocycles. The van der Waals surface area contributed by atoms with Gasteiger partial charge in [0.25, 0.3) is 0 Å².